The number of benzene rings is 2. The highest BCUT2D eigenvalue weighted by atomic mass is 16.5. The van der Waals surface area contributed by atoms with E-state index in [1.807, 2.05) is 30.3 Å². The molecule has 25 heavy (non-hydrogen) atoms. The molecule has 130 valence electrons. The molecule has 0 N–H and O–H groups in total. The van der Waals surface area contributed by atoms with Gasteiger partial charge in [-0.2, -0.15) is 0 Å². The first kappa shape index (κ1) is 17.2. The van der Waals surface area contributed by atoms with Gasteiger partial charge in [0.1, 0.15) is 0 Å². The van der Waals surface area contributed by atoms with Crippen LogP contribution in [0.2, 0.25) is 0 Å². The second-order valence-corrected chi connectivity index (χ2v) is 6.13. The zero-order valence-corrected chi connectivity index (χ0v) is 14.4. The van der Waals surface area contributed by atoms with Crippen molar-refractivity contribution in [1.82, 2.24) is 9.80 Å². The Bertz CT molecular complexity index is 722. The highest BCUT2D eigenvalue weighted by Gasteiger charge is 2.19. The Morgan fingerprint density at radius 1 is 0.960 bits per heavy atom. The first-order valence-corrected chi connectivity index (χ1v) is 8.41. The zero-order valence-electron chi connectivity index (χ0n) is 14.4. The van der Waals surface area contributed by atoms with Crippen LogP contribution < -0.4 is 0 Å². The van der Waals surface area contributed by atoms with Crippen LogP contribution in [0, 0.1) is 0 Å². The van der Waals surface area contributed by atoms with Gasteiger partial charge in [-0.3, -0.25) is 9.59 Å². The molecule has 0 atom stereocenters. The Balaban J connectivity index is 1.64. The van der Waals surface area contributed by atoms with E-state index in [0.29, 0.717) is 44.0 Å². The minimum absolute atomic E-state index is 0.0139. The molecule has 2 amide bonds. The number of carbonyl (C=O) groups excluding carboxylic acids is 2. The fraction of sp³-hybridized carbons (Fsp3) is 0.300. The number of rotatable bonds is 4. The van der Waals surface area contributed by atoms with Gasteiger partial charge in [-0.05, 0) is 29.8 Å². The summed E-state index contributed by atoms with van der Waals surface area (Å²) >= 11 is 0. The second kappa shape index (κ2) is 7.94. The molecule has 1 aliphatic rings. The minimum Gasteiger partial charge on any atom is -0.378 e. The van der Waals surface area contributed by atoms with Crippen molar-refractivity contribution < 1.29 is 14.3 Å². The van der Waals surface area contributed by atoms with Gasteiger partial charge in [0.2, 0.25) is 0 Å². The summed E-state index contributed by atoms with van der Waals surface area (Å²) < 4.78 is 5.27. The maximum Gasteiger partial charge on any atom is 0.254 e. The quantitative estimate of drug-likeness (QED) is 0.860. The normalized spacial score (nSPS) is 14.2. The van der Waals surface area contributed by atoms with Crippen molar-refractivity contribution >= 4 is 11.8 Å². The average molecular weight is 338 g/mol. The van der Waals surface area contributed by atoms with Crippen LogP contribution in [0.25, 0.3) is 0 Å². The molecule has 1 heterocycles. The molecule has 5 nitrogen and oxygen atoms in total. The van der Waals surface area contributed by atoms with Crippen molar-refractivity contribution in [2.45, 2.75) is 6.54 Å². The summed E-state index contributed by atoms with van der Waals surface area (Å²) in [5, 5.41) is 0. The van der Waals surface area contributed by atoms with E-state index in [2.05, 4.69) is 0 Å². The van der Waals surface area contributed by atoms with E-state index in [1.165, 1.54) is 0 Å². The van der Waals surface area contributed by atoms with Crippen molar-refractivity contribution in [2.24, 2.45) is 0 Å². The molecular weight excluding hydrogens is 316 g/mol. The predicted molar refractivity (Wildman–Crippen MR) is 95.4 cm³/mol. The van der Waals surface area contributed by atoms with E-state index in [9.17, 15) is 9.59 Å². The van der Waals surface area contributed by atoms with Crippen LogP contribution in [0.4, 0.5) is 0 Å². The summed E-state index contributed by atoms with van der Waals surface area (Å²) in [5.74, 6) is -0.0748. The smallest absolute Gasteiger partial charge is 0.254 e. The highest BCUT2D eigenvalue weighted by Crippen LogP contribution is 2.12. The van der Waals surface area contributed by atoms with Gasteiger partial charge in [0.15, 0.2) is 0 Å². The number of hydrogen-bond acceptors (Lipinski definition) is 3. The van der Waals surface area contributed by atoms with Gasteiger partial charge >= 0.3 is 0 Å². The van der Waals surface area contributed by atoms with Crippen molar-refractivity contribution in [3.8, 4) is 0 Å². The number of ether oxygens (including phenoxy) is 1. The third-order valence-corrected chi connectivity index (χ3v) is 4.29. The van der Waals surface area contributed by atoms with Crippen LogP contribution >= 0.6 is 0 Å². The van der Waals surface area contributed by atoms with E-state index in [-0.39, 0.29) is 11.8 Å². The van der Waals surface area contributed by atoms with Crippen LogP contribution in [0.5, 0.6) is 0 Å². The molecule has 0 aromatic heterocycles. The third kappa shape index (κ3) is 4.25. The van der Waals surface area contributed by atoms with Crippen molar-refractivity contribution in [2.75, 3.05) is 33.4 Å². The highest BCUT2D eigenvalue weighted by molar-refractivity contribution is 5.97. The van der Waals surface area contributed by atoms with Gasteiger partial charge in [-0.25, -0.2) is 0 Å². The molecule has 3 rings (SSSR count). The second-order valence-electron chi connectivity index (χ2n) is 6.13. The van der Waals surface area contributed by atoms with Crippen molar-refractivity contribution in [3.05, 3.63) is 71.3 Å². The summed E-state index contributed by atoms with van der Waals surface area (Å²) in [5.41, 5.74) is 2.26. The van der Waals surface area contributed by atoms with Crippen molar-refractivity contribution in [1.29, 1.82) is 0 Å². The molecule has 0 saturated carbocycles. The van der Waals surface area contributed by atoms with E-state index in [4.69, 9.17) is 4.74 Å². The largest absolute Gasteiger partial charge is 0.378 e. The molecule has 1 aliphatic heterocycles. The first-order chi connectivity index (χ1) is 12.1. The molecule has 0 unspecified atom stereocenters. The summed E-state index contributed by atoms with van der Waals surface area (Å²) in [4.78, 5) is 28.4. The summed E-state index contributed by atoms with van der Waals surface area (Å²) in [6, 6.07) is 16.7. The SMILES string of the molecule is CN(Cc1ccccc1)C(=O)c1ccc(C(=O)N2CCOCC2)cc1. The lowest BCUT2D eigenvalue weighted by Crippen LogP contribution is -2.40. The summed E-state index contributed by atoms with van der Waals surface area (Å²) in [6.07, 6.45) is 0. The lowest BCUT2D eigenvalue weighted by molar-refractivity contribution is 0.0303. The van der Waals surface area contributed by atoms with Crippen LogP contribution in [0.15, 0.2) is 54.6 Å². The van der Waals surface area contributed by atoms with E-state index in [1.54, 1.807) is 41.1 Å². The van der Waals surface area contributed by atoms with Gasteiger partial charge in [-0.1, -0.05) is 30.3 Å². The van der Waals surface area contributed by atoms with Crippen LogP contribution in [-0.4, -0.2) is 55.0 Å². The Labute approximate surface area is 147 Å². The van der Waals surface area contributed by atoms with Gasteiger partial charge in [0.25, 0.3) is 11.8 Å². The van der Waals surface area contributed by atoms with Gasteiger partial charge < -0.3 is 14.5 Å². The number of morpholine rings is 1. The summed E-state index contributed by atoms with van der Waals surface area (Å²) in [7, 11) is 1.78. The van der Waals surface area contributed by atoms with E-state index < -0.39 is 0 Å². The lowest BCUT2D eigenvalue weighted by atomic mass is 10.1. The van der Waals surface area contributed by atoms with Crippen LogP contribution in [-0.2, 0) is 11.3 Å². The molecule has 1 saturated heterocycles. The average Bonchev–Trinajstić information content (AvgIpc) is 2.68. The molecule has 1 fully saturated rings. The maximum absolute atomic E-state index is 12.5. The maximum atomic E-state index is 12.5. The topological polar surface area (TPSA) is 49.9 Å². The van der Waals surface area contributed by atoms with Gasteiger partial charge in [0, 0.05) is 37.8 Å². The van der Waals surface area contributed by atoms with Gasteiger partial charge in [0.05, 0.1) is 13.2 Å². The number of nitrogens with zero attached hydrogens (tertiary/aromatic N) is 2. The standard InChI is InChI=1S/C20H22N2O3/c1-21(15-16-5-3-2-4-6-16)19(23)17-7-9-18(10-8-17)20(24)22-11-13-25-14-12-22/h2-10H,11-15H2,1H3. The Morgan fingerprint density at radius 2 is 1.56 bits per heavy atom. The molecule has 0 bridgehead atoms. The molecule has 0 radical (unpaired) electrons. The van der Waals surface area contributed by atoms with E-state index >= 15 is 0 Å². The molecule has 2 aromatic rings. The lowest BCUT2D eigenvalue weighted by Gasteiger charge is -2.27. The Hall–Kier alpha value is -2.66. The van der Waals surface area contributed by atoms with Crippen molar-refractivity contribution in [3.63, 3.8) is 0 Å². The molecule has 2 aromatic carbocycles. The fourth-order valence-electron chi connectivity index (χ4n) is 2.85. The molecule has 5 heteroatoms. The van der Waals surface area contributed by atoms with E-state index in [0.717, 1.165) is 5.56 Å². The third-order valence-electron chi connectivity index (χ3n) is 4.29. The van der Waals surface area contributed by atoms with Crippen LogP contribution in [0.1, 0.15) is 26.3 Å². The monoisotopic (exact) mass is 338 g/mol. The minimum atomic E-state index is -0.0609. The summed E-state index contributed by atoms with van der Waals surface area (Å²) in [6.45, 7) is 2.92. The number of hydrogen-bond donors (Lipinski definition) is 0. The molecule has 0 spiro atoms. The number of carbonyl (C=O) groups is 2. The predicted octanol–water partition coefficient (Wildman–Crippen LogP) is 2.43. The number of amides is 2. The first-order valence-electron chi connectivity index (χ1n) is 8.41. The Morgan fingerprint density at radius 3 is 2.20 bits per heavy atom. The van der Waals surface area contributed by atoms with Gasteiger partial charge in [-0.15, -0.1) is 0 Å². The molecule has 0 aliphatic carbocycles. The fourth-order valence-corrected chi connectivity index (χ4v) is 2.85. The molecular formula is C20H22N2O3. The van der Waals surface area contributed by atoms with Crippen LogP contribution in [0.3, 0.4) is 0 Å². The zero-order chi connectivity index (χ0) is 17.6. The Kier molecular flexibility index (Phi) is 5.46.